The van der Waals surface area contributed by atoms with E-state index >= 15 is 0 Å². The van der Waals surface area contributed by atoms with Crippen LogP contribution >= 0.6 is 11.8 Å². The highest BCUT2D eigenvalue weighted by atomic mass is 32.2. The highest BCUT2D eigenvalue weighted by Crippen LogP contribution is 2.15. The summed E-state index contributed by atoms with van der Waals surface area (Å²) in [6.45, 7) is 0. The summed E-state index contributed by atoms with van der Waals surface area (Å²) in [5, 5.41) is 8.84. The van der Waals surface area contributed by atoms with Gasteiger partial charge < -0.3 is 4.57 Å². The molecule has 0 unspecified atom stereocenters. The molecule has 78 valence electrons. The van der Waals surface area contributed by atoms with E-state index in [0.717, 1.165) is 17.3 Å². The molecule has 0 bridgehead atoms. The number of hydrogen-bond donors (Lipinski definition) is 0. The fraction of sp³-hybridized carbons (Fsp3) is 0.273. The third-order valence-electron chi connectivity index (χ3n) is 2.13. The van der Waals surface area contributed by atoms with Crippen molar-refractivity contribution >= 4 is 11.8 Å². The maximum absolute atomic E-state index is 4.02. The molecule has 0 aliphatic carbocycles. The molecular weight excluding hydrogens is 206 g/mol. The average molecular weight is 219 g/mol. The molecule has 0 radical (unpaired) electrons. The molecule has 0 N–H and O–H groups in total. The molecule has 1 aromatic carbocycles. The van der Waals surface area contributed by atoms with Gasteiger partial charge in [-0.2, -0.15) is 0 Å². The van der Waals surface area contributed by atoms with E-state index in [1.54, 1.807) is 18.1 Å². The van der Waals surface area contributed by atoms with Crippen LogP contribution in [0, 0.1) is 0 Å². The van der Waals surface area contributed by atoms with E-state index in [2.05, 4.69) is 34.5 Å². The summed E-state index contributed by atoms with van der Waals surface area (Å²) in [5.74, 6) is 1.04. The summed E-state index contributed by atoms with van der Waals surface area (Å²) in [7, 11) is 1.96. The summed E-state index contributed by atoms with van der Waals surface area (Å²) >= 11 is 1.74. The van der Waals surface area contributed by atoms with Gasteiger partial charge in [-0.3, -0.25) is 0 Å². The van der Waals surface area contributed by atoms with Crippen LogP contribution in [0.15, 0.2) is 41.8 Å². The molecule has 0 amide bonds. The van der Waals surface area contributed by atoms with Crippen LogP contribution in [-0.4, -0.2) is 20.5 Å². The van der Waals surface area contributed by atoms with Crippen molar-refractivity contribution in [1.82, 2.24) is 14.8 Å². The van der Waals surface area contributed by atoms with E-state index in [1.807, 2.05) is 17.7 Å². The first-order valence-corrected chi connectivity index (χ1v) is 5.85. The van der Waals surface area contributed by atoms with Crippen LogP contribution in [-0.2, 0) is 13.5 Å². The highest BCUT2D eigenvalue weighted by Gasteiger charge is 2.00. The molecule has 3 nitrogen and oxygen atoms in total. The topological polar surface area (TPSA) is 30.7 Å². The first-order chi connectivity index (χ1) is 7.36. The second kappa shape index (κ2) is 4.98. The Balaban J connectivity index is 1.83. The van der Waals surface area contributed by atoms with Gasteiger partial charge in [0.15, 0.2) is 5.16 Å². The lowest BCUT2D eigenvalue weighted by Crippen LogP contribution is -1.92. The molecule has 0 atom stereocenters. The molecular formula is C11H13N3S. The first kappa shape index (κ1) is 10.2. The van der Waals surface area contributed by atoms with E-state index in [4.69, 9.17) is 0 Å². The lowest BCUT2D eigenvalue weighted by molar-refractivity contribution is 0.788. The molecule has 0 saturated heterocycles. The van der Waals surface area contributed by atoms with E-state index in [9.17, 15) is 0 Å². The summed E-state index contributed by atoms with van der Waals surface area (Å²) < 4.78 is 1.94. The number of nitrogens with zero attached hydrogens (tertiary/aromatic N) is 3. The molecule has 1 heterocycles. The van der Waals surface area contributed by atoms with Crippen LogP contribution in [0.25, 0.3) is 0 Å². The van der Waals surface area contributed by atoms with Crippen LogP contribution in [0.2, 0.25) is 0 Å². The SMILES string of the molecule is Cn1cnnc1SCCc1ccccc1. The summed E-state index contributed by atoms with van der Waals surface area (Å²) in [4.78, 5) is 0. The second-order valence-corrected chi connectivity index (χ2v) is 4.37. The monoisotopic (exact) mass is 219 g/mol. The number of thioether (sulfide) groups is 1. The molecule has 2 aromatic rings. The van der Waals surface area contributed by atoms with Gasteiger partial charge in [0.25, 0.3) is 0 Å². The Morgan fingerprint density at radius 3 is 2.73 bits per heavy atom. The van der Waals surface area contributed by atoms with Crippen molar-refractivity contribution in [2.24, 2.45) is 7.05 Å². The van der Waals surface area contributed by atoms with Gasteiger partial charge in [-0.25, -0.2) is 0 Å². The molecule has 2 rings (SSSR count). The number of benzene rings is 1. The lowest BCUT2D eigenvalue weighted by atomic mass is 10.2. The zero-order valence-electron chi connectivity index (χ0n) is 8.63. The summed E-state index contributed by atoms with van der Waals surface area (Å²) in [5.41, 5.74) is 1.37. The lowest BCUT2D eigenvalue weighted by Gasteiger charge is -2.00. The van der Waals surface area contributed by atoms with Gasteiger partial charge in [0, 0.05) is 12.8 Å². The molecule has 15 heavy (non-hydrogen) atoms. The van der Waals surface area contributed by atoms with Gasteiger partial charge >= 0.3 is 0 Å². The van der Waals surface area contributed by atoms with Crippen LogP contribution in [0.1, 0.15) is 5.56 Å². The van der Waals surface area contributed by atoms with Crippen molar-refractivity contribution in [3.63, 3.8) is 0 Å². The van der Waals surface area contributed by atoms with Crippen LogP contribution < -0.4 is 0 Å². The molecule has 0 aliphatic rings. The minimum absolute atomic E-state index is 0.978. The number of rotatable bonds is 4. The molecule has 0 fully saturated rings. The van der Waals surface area contributed by atoms with E-state index in [0.29, 0.717) is 0 Å². The Hall–Kier alpha value is -1.29. The van der Waals surface area contributed by atoms with Crippen molar-refractivity contribution in [2.75, 3.05) is 5.75 Å². The van der Waals surface area contributed by atoms with Gasteiger partial charge in [-0.15, -0.1) is 10.2 Å². The fourth-order valence-electron chi connectivity index (χ4n) is 1.31. The minimum Gasteiger partial charge on any atom is -0.312 e. The molecule has 0 aliphatic heterocycles. The summed E-state index contributed by atoms with van der Waals surface area (Å²) in [6.07, 6.45) is 2.79. The Kier molecular flexibility index (Phi) is 3.40. The fourth-order valence-corrected chi connectivity index (χ4v) is 2.18. The third kappa shape index (κ3) is 2.83. The van der Waals surface area contributed by atoms with E-state index in [-0.39, 0.29) is 0 Å². The Labute approximate surface area is 93.5 Å². The Morgan fingerprint density at radius 1 is 1.27 bits per heavy atom. The first-order valence-electron chi connectivity index (χ1n) is 4.87. The van der Waals surface area contributed by atoms with Crippen molar-refractivity contribution in [2.45, 2.75) is 11.6 Å². The number of hydrogen-bond acceptors (Lipinski definition) is 3. The maximum Gasteiger partial charge on any atom is 0.190 e. The minimum atomic E-state index is 0.978. The molecule has 0 saturated carbocycles. The number of aryl methyl sites for hydroxylation is 2. The number of aromatic nitrogens is 3. The molecule has 0 spiro atoms. The highest BCUT2D eigenvalue weighted by molar-refractivity contribution is 7.99. The van der Waals surface area contributed by atoms with Gasteiger partial charge in [-0.05, 0) is 12.0 Å². The summed E-state index contributed by atoms with van der Waals surface area (Å²) in [6, 6.07) is 10.5. The zero-order valence-corrected chi connectivity index (χ0v) is 9.44. The standard InChI is InChI=1S/C11H13N3S/c1-14-9-12-13-11(14)15-8-7-10-5-3-2-4-6-10/h2-6,9H,7-8H2,1H3. The zero-order chi connectivity index (χ0) is 10.5. The van der Waals surface area contributed by atoms with Crippen molar-refractivity contribution < 1.29 is 0 Å². The third-order valence-corrected chi connectivity index (χ3v) is 3.17. The predicted octanol–water partition coefficient (Wildman–Crippen LogP) is 2.15. The largest absolute Gasteiger partial charge is 0.312 e. The van der Waals surface area contributed by atoms with Gasteiger partial charge in [0.1, 0.15) is 6.33 Å². The quantitative estimate of drug-likeness (QED) is 0.738. The van der Waals surface area contributed by atoms with Gasteiger partial charge in [0.2, 0.25) is 0 Å². The maximum atomic E-state index is 4.02. The van der Waals surface area contributed by atoms with Crippen LogP contribution in [0.5, 0.6) is 0 Å². The van der Waals surface area contributed by atoms with E-state index in [1.165, 1.54) is 5.56 Å². The average Bonchev–Trinajstić information content (AvgIpc) is 2.66. The Morgan fingerprint density at radius 2 is 2.07 bits per heavy atom. The molecule has 1 aromatic heterocycles. The van der Waals surface area contributed by atoms with Crippen LogP contribution in [0.4, 0.5) is 0 Å². The second-order valence-electron chi connectivity index (χ2n) is 3.31. The van der Waals surface area contributed by atoms with Crippen molar-refractivity contribution in [3.05, 3.63) is 42.2 Å². The Bertz CT molecular complexity index is 411. The van der Waals surface area contributed by atoms with Crippen LogP contribution in [0.3, 0.4) is 0 Å². The predicted molar refractivity (Wildman–Crippen MR) is 61.9 cm³/mol. The van der Waals surface area contributed by atoms with Crippen molar-refractivity contribution in [3.8, 4) is 0 Å². The smallest absolute Gasteiger partial charge is 0.190 e. The van der Waals surface area contributed by atoms with E-state index < -0.39 is 0 Å². The van der Waals surface area contributed by atoms with Crippen molar-refractivity contribution in [1.29, 1.82) is 0 Å². The van der Waals surface area contributed by atoms with Gasteiger partial charge in [0.05, 0.1) is 0 Å². The van der Waals surface area contributed by atoms with Gasteiger partial charge in [-0.1, -0.05) is 42.1 Å². The molecule has 4 heteroatoms. The normalized spacial score (nSPS) is 10.5.